The van der Waals surface area contributed by atoms with Crippen LogP contribution in [0.25, 0.3) is 0 Å². The Hall–Kier alpha value is -1.63. The van der Waals surface area contributed by atoms with Gasteiger partial charge in [0.2, 0.25) is 5.91 Å². The Balaban J connectivity index is 2.08. The second kappa shape index (κ2) is 14.4. The van der Waals surface area contributed by atoms with E-state index >= 15 is 0 Å². The molecule has 0 radical (unpaired) electrons. The number of carbonyl (C=O) groups excluding carboxylic acids is 1. The average Bonchev–Trinajstić information content (AvgIpc) is 2.65. The topological polar surface area (TPSA) is 68.8 Å². The molecule has 1 rings (SSSR count). The second-order valence-electron chi connectivity index (χ2n) is 7.02. The number of benzene rings is 1. The van der Waals surface area contributed by atoms with Gasteiger partial charge in [0.05, 0.1) is 39.5 Å². The molecule has 0 spiro atoms. The van der Waals surface area contributed by atoms with Crippen molar-refractivity contribution in [3.63, 3.8) is 0 Å². The Morgan fingerprint density at radius 2 is 1.81 bits per heavy atom. The van der Waals surface area contributed by atoms with Gasteiger partial charge in [0.1, 0.15) is 5.75 Å². The maximum Gasteiger partial charge on any atom is 0.226 e. The quantitative estimate of drug-likeness (QED) is 0.456. The molecule has 6 heteroatoms. The van der Waals surface area contributed by atoms with E-state index in [-0.39, 0.29) is 5.91 Å². The summed E-state index contributed by atoms with van der Waals surface area (Å²) in [7, 11) is 0. The Morgan fingerprint density at radius 3 is 2.52 bits per heavy atom. The number of nitrogens with one attached hydrogen (secondary N) is 2. The summed E-state index contributed by atoms with van der Waals surface area (Å²) in [5, 5.41) is 6.23. The van der Waals surface area contributed by atoms with Crippen molar-refractivity contribution in [1.82, 2.24) is 5.32 Å². The van der Waals surface area contributed by atoms with Crippen molar-refractivity contribution >= 4 is 11.6 Å². The molecular formula is C21H36N2O4. The molecule has 1 atom stereocenters. The summed E-state index contributed by atoms with van der Waals surface area (Å²) in [6.07, 6.45) is 1.42. The maximum absolute atomic E-state index is 12.0. The van der Waals surface area contributed by atoms with Crippen molar-refractivity contribution in [2.75, 3.05) is 44.9 Å². The van der Waals surface area contributed by atoms with Gasteiger partial charge in [-0.25, -0.2) is 0 Å². The van der Waals surface area contributed by atoms with Crippen molar-refractivity contribution in [3.8, 4) is 5.75 Å². The Bertz CT molecular complexity index is 523. The predicted octanol–water partition coefficient (Wildman–Crippen LogP) is 3.47. The lowest BCUT2D eigenvalue weighted by molar-refractivity contribution is -0.117. The standard InChI is InChI=1S/C21H36N2O4/c1-5-18(4)22-10-12-26-14-13-25-11-9-21(24)23-19-7-6-8-20(15-19)27-16-17(2)3/h6-8,15,17-18,22H,5,9-14,16H2,1-4H3,(H,23,24). The van der Waals surface area contributed by atoms with Crippen LogP contribution in [0.5, 0.6) is 5.75 Å². The zero-order valence-electron chi connectivity index (χ0n) is 17.3. The third-order valence-corrected chi connectivity index (χ3v) is 3.90. The summed E-state index contributed by atoms with van der Waals surface area (Å²) in [6.45, 7) is 12.1. The van der Waals surface area contributed by atoms with Crippen LogP contribution in [0.15, 0.2) is 24.3 Å². The van der Waals surface area contributed by atoms with Crippen LogP contribution in [0.3, 0.4) is 0 Å². The van der Waals surface area contributed by atoms with E-state index in [1.165, 1.54) is 0 Å². The number of hydrogen-bond acceptors (Lipinski definition) is 5. The van der Waals surface area contributed by atoms with Crippen molar-refractivity contribution in [2.45, 2.75) is 46.6 Å². The SMILES string of the molecule is CCC(C)NCCOCCOCCC(=O)Nc1cccc(OCC(C)C)c1. The highest BCUT2D eigenvalue weighted by Crippen LogP contribution is 2.18. The molecule has 2 N–H and O–H groups in total. The van der Waals surface area contributed by atoms with Crippen LogP contribution in [0.1, 0.15) is 40.5 Å². The fraction of sp³-hybridized carbons (Fsp3) is 0.667. The predicted molar refractivity (Wildman–Crippen MR) is 109 cm³/mol. The molecule has 0 bridgehead atoms. The minimum atomic E-state index is -0.0744. The fourth-order valence-electron chi connectivity index (χ4n) is 2.16. The number of anilines is 1. The van der Waals surface area contributed by atoms with Gasteiger partial charge >= 0.3 is 0 Å². The highest BCUT2D eigenvalue weighted by atomic mass is 16.5. The molecule has 0 aliphatic carbocycles. The van der Waals surface area contributed by atoms with E-state index in [1.807, 2.05) is 24.3 Å². The van der Waals surface area contributed by atoms with Crippen molar-refractivity contribution in [1.29, 1.82) is 0 Å². The lowest BCUT2D eigenvalue weighted by atomic mass is 10.2. The lowest BCUT2D eigenvalue weighted by Crippen LogP contribution is -2.29. The van der Waals surface area contributed by atoms with Gasteiger partial charge in [-0.1, -0.05) is 26.8 Å². The highest BCUT2D eigenvalue weighted by molar-refractivity contribution is 5.90. The Kier molecular flexibility index (Phi) is 12.5. The minimum Gasteiger partial charge on any atom is -0.493 e. The molecule has 0 heterocycles. The monoisotopic (exact) mass is 380 g/mol. The first-order valence-electron chi connectivity index (χ1n) is 9.92. The van der Waals surface area contributed by atoms with Gasteiger partial charge in [-0.15, -0.1) is 0 Å². The Morgan fingerprint density at radius 1 is 1.07 bits per heavy atom. The van der Waals surface area contributed by atoms with Gasteiger partial charge in [0, 0.05) is 24.3 Å². The maximum atomic E-state index is 12.0. The molecule has 0 fully saturated rings. The van der Waals surface area contributed by atoms with Crippen LogP contribution >= 0.6 is 0 Å². The number of carbonyl (C=O) groups is 1. The van der Waals surface area contributed by atoms with Gasteiger partial charge in [-0.2, -0.15) is 0 Å². The van der Waals surface area contributed by atoms with Gasteiger partial charge in [-0.3, -0.25) is 4.79 Å². The first-order chi connectivity index (χ1) is 13.0. The first-order valence-corrected chi connectivity index (χ1v) is 9.92. The van der Waals surface area contributed by atoms with Crippen LogP contribution in [0.4, 0.5) is 5.69 Å². The number of hydrogen-bond donors (Lipinski definition) is 2. The number of rotatable bonds is 15. The molecule has 0 aliphatic heterocycles. The van der Waals surface area contributed by atoms with E-state index in [4.69, 9.17) is 14.2 Å². The van der Waals surface area contributed by atoms with Crippen LogP contribution in [-0.4, -0.2) is 51.5 Å². The lowest BCUT2D eigenvalue weighted by Gasteiger charge is -2.11. The summed E-state index contributed by atoms with van der Waals surface area (Å²) in [4.78, 5) is 12.0. The van der Waals surface area contributed by atoms with Crippen molar-refractivity contribution in [2.24, 2.45) is 5.92 Å². The molecule has 0 aromatic heterocycles. The van der Waals surface area contributed by atoms with E-state index < -0.39 is 0 Å². The minimum absolute atomic E-state index is 0.0744. The largest absolute Gasteiger partial charge is 0.493 e. The number of amides is 1. The molecule has 1 amide bonds. The summed E-state index contributed by atoms with van der Waals surface area (Å²) >= 11 is 0. The molecule has 1 aromatic rings. The zero-order valence-corrected chi connectivity index (χ0v) is 17.3. The second-order valence-corrected chi connectivity index (χ2v) is 7.02. The smallest absolute Gasteiger partial charge is 0.226 e. The molecule has 0 aliphatic rings. The van der Waals surface area contributed by atoms with Crippen molar-refractivity contribution in [3.05, 3.63) is 24.3 Å². The van der Waals surface area contributed by atoms with Gasteiger partial charge < -0.3 is 24.8 Å². The van der Waals surface area contributed by atoms with Crippen molar-refractivity contribution < 1.29 is 19.0 Å². The third kappa shape index (κ3) is 12.4. The van der Waals surface area contributed by atoms with Crippen LogP contribution in [-0.2, 0) is 14.3 Å². The molecule has 1 unspecified atom stereocenters. The molecule has 0 saturated carbocycles. The summed E-state index contributed by atoms with van der Waals surface area (Å²) in [5.41, 5.74) is 0.735. The molecule has 6 nitrogen and oxygen atoms in total. The van der Waals surface area contributed by atoms with Crippen LogP contribution in [0, 0.1) is 5.92 Å². The van der Waals surface area contributed by atoms with Crippen LogP contribution < -0.4 is 15.4 Å². The van der Waals surface area contributed by atoms with E-state index in [0.29, 0.717) is 51.4 Å². The van der Waals surface area contributed by atoms with Gasteiger partial charge in [0.25, 0.3) is 0 Å². The fourth-order valence-corrected chi connectivity index (χ4v) is 2.16. The summed E-state index contributed by atoms with van der Waals surface area (Å²) < 4.78 is 16.6. The summed E-state index contributed by atoms with van der Waals surface area (Å²) in [6, 6.07) is 7.96. The average molecular weight is 381 g/mol. The van der Waals surface area contributed by atoms with E-state index in [2.05, 4.69) is 38.3 Å². The van der Waals surface area contributed by atoms with Crippen LogP contribution in [0.2, 0.25) is 0 Å². The molecular weight excluding hydrogens is 344 g/mol. The first kappa shape index (κ1) is 23.4. The number of ether oxygens (including phenoxy) is 3. The molecule has 154 valence electrons. The normalized spacial score (nSPS) is 12.2. The zero-order chi connectivity index (χ0) is 19.9. The van der Waals surface area contributed by atoms with Gasteiger partial charge in [0.15, 0.2) is 0 Å². The van der Waals surface area contributed by atoms with E-state index in [0.717, 1.165) is 24.4 Å². The highest BCUT2D eigenvalue weighted by Gasteiger charge is 2.04. The van der Waals surface area contributed by atoms with E-state index in [9.17, 15) is 4.79 Å². The summed E-state index contributed by atoms with van der Waals surface area (Å²) in [5.74, 6) is 1.15. The molecule has 0 saturated heterocycles. The molecule has 27 heavy (non-hydrogen) atoms. The Labute approximate surface area is 164 Å². The van der Waals surface area contributed by atoms with Gasteiger partial charge in [-0.05, 0) is 31.4 Å². The van der Waals surface area contributed by atoms with E-state index in [1.54, 1.807) is 0 Å². The third-order valence-electron chi connectivity index (χ3n) is 3.90. The molecule has 1 aromatic carbocycles.